The Morgan fingerprint density at radius 2 is 1.22 bits per heavy atom. The summed E-state index contributed by atoms with van der Waals surface area (Å²) >= 11 is 0. The number of aliphatic hydroxyl groups is 1. The molecule has 0 aliphatic rings. The molecular weight excluding hydrogens is 320 g/mol. The Kier molecular flexibility index (Phi) is 7.37. The molecule has 136 valence electrons. The first kappa shape index (κ1) is 22.9. The number of hydrogen-bond acceptors (Lipinski definition) is 3. The van der Waals surface area contributed by atoms with Crippen LogP contribution >= 0.6 is 0 Å². The lowest BCUT2D eigenvalue weighted by Crippen LogP contribution is -2.54. The van der Waals surface area contributed by atoms with Crippen molar-refractivity contribution in [3.8, 4) is 12.3 Å². The van der Waals surface area contributed by atoms with Gasteiger partial charge in [-0.05, 0) is 43.2 Å². The van der Waals surface area contributed by atoms with Gasteiger partial charge in [-0.1, -0.05) is 47.5 Å². The fourth-order valence-electron chi connectivity index (χ4n) is 1.62. The van der Waals surface area contributed by atoms with Crippen LogP contribution in [-0.2, 0) is 8.85 Å². The average Bonchev–Trinajstić information content (AvgIpc) is 2.30. The second kappa shape index (κ2) is 7.41. The molecule has 0 heterocycles. The van der Waals surface area contributed by atoms with E-state index in [1.165, 1.54) is 0 Å². The highest BCUT2D eigenvalue weighted by atomic mass is 28.4. The fraction of sp³-hybridized carbons (Fsp3) is 0.889. The van der Waals surface area contributed by atoms with Crippen LogP contribution in [-0.4, -0.2) is 40.1 Å². The molecule has 0 aliphatic heterocycles. The largest absolute Gasteiger partial charge is 0.408 e. The highest BCUT2D eigenvalue weighted by Crippen LogP contribution is 2.40. The van der Waals surface area contributed by atoms with Crippen molar-refractivity contribution in [3.63, 3.8) is 0 Å². The quantitative estimate of drug-likeness (QED) is 0.548. The molecule has 3 nitrogen and oxygen atoms in total. The van der Waals surface area contributed by atoms with E-state index in [2.05, 4.69) is 73.7 Å². The first-order valence-electron chi connectivity index (χ1n) is 8.46. The maximum atomic E-state index is 10.3. The highest BCUT2D eigenvalue weighted by Gasteiger charge is 2.45. The van der Waals surface area contributed by atoms with Gasteiger partial charge < -0.3 is 14.0 Å². The number of hydrogen-bond donors (Lipinski definition) is 1. The van der Waals surface area contributed by atoms with E-state index in [-0.39, 0.29) is 10.1 Å². The Morgan fingerprint density at radius 3 is 1.48 bits per heavy atom. The number of rotatable bonds is 6. The first-order chi connectivity index (χ1) is 9.96. The zero-order valence-electron chi connectivity index (χ0n) is 17.1. The third-order valence-corrected chi connectivity index (χ3v) is 14.3. The molecule has 0 aromatic heterocycles. The smallest absolute Gasteiger partial charge is 0.193 e. The van der Waals surface area contributed by atoms with E-state index in [4.69, 9.17) is 15.3 Å². The summed E-state index contributed by atoms with van der Waals surface area (Å²) in [5.74, 6) is 2.74. The standard InChI is InChI=1S/C18H38O3Si2/c1-13-15(20-22(9,10)17(3,4)5)16(14(2)19)21-23(11,12)18(6,7)8/h1,14-16,19H,2-12H3/t14-,15-,16-/m1/s1. The van der Waals surface area contributed by atoms with Crippen LogP contribution in [0.1, 0.15) is 48.5 Å². The Labute approximate surface area is 146 Å². The van der Waals surface area contributed by atoms with E-state index in [1.54, 1.807) is 6.92 Å². The Morgan fingerprint density at radius 1 is 0.870 bits per heavy atom. The molecule has 0 aliphatic carbocycles. The van der Waals surface area contributed by atoms with Crippen molar-refractivity contribution in [1.82, 2.24) is 0 Å². The zero-order valence-corrected chi connectivity index (χ0v) is 19.1. The molecule has 5 heteroatoms. The minimum Gasteiger partial charge on any atom is -0.408 e. The van der Waals surface area contributed by atoms with Crippen LogP contribution in [0.15, 0.2) is 0 Å². The van der Waals surface area contributed by atoms with Crippen molar-refractivity contribution in [2.24, 2.45) is 0 Å². The summed E-state index contributed by atoms with van der Waals surface area (Å²) in [6.45, 7) is 23.5. The summed E-state index contributed by atoms with van der Waals surface area (Å²) in [6.07, 6.45) is 4.08. The van der Waals surface area contributed by atoms with Crippen molar-refractivity contribution >= 4 is 16.6 Å². The minimum atomic E-state index is -2.05. The fourth-order valence-corrected chi connectivity index (χ4v) is 4.17. The van der Waals surface area contributed by atoms with E-state index in [0.717, 1.165) is 0 Å². The van der Waals surface area contributed by atoms with Crippen molar-refractivity contribution in [1.29, 1.82) is 0 Å². The molecule has 0 saturated carbocycles. The van der Waals surface area contributed by atoms with Gasteiger partial charge in [0.2, 0.25) is 0 Å². The van der Waals surface area contributed by atoms with Crippen LogP contribution in [0.3, 0.4) is 0 Å². The van der Waals surface area contributed by atoms with Crippen LogP contribution in [0.5, 0.6) is 0 Å². The van der Waals surface area contributed by atoms with Gasteiger partial charge in [-0.15, -0.1) is 6.42 Å². The van der Waals surface area contributed by atoms with E-state index < -0.39 is 34.9 Å². The number of aliphatic hydroxyl groups excluding tert-OH is 1. The molecule has 3 atom stereocenters. The summed E-state index contributed by atoms with van der Waals surface area (Å²) in [6, 6.07) is 0. The normalized spacial score (nSPS) is 18.2. The van der Waals surface area contributed by atoms with E-state index in [0.29, 0.717) is 0 Å². The third kappa shape index (κ3) is 6.02. The third-order valence-electron chi connectivity index (χ3n) is 5.40. The van der Waals surface area contributed by atoms with Gasteiger partial charge in [0.25, 0.3) is 0 Å². The van der Waals surface area contributed by atoms with E-state index in [1.807, 2.05) is 0 Å². The van der Waals surface area contributed by atoms with Gasteiger partial charge in [0, 0.05) is 0 Å². The number of terminal acetylenes is 1. The predicted molar refractivity (Wildman–Crippen MR) is 105 cm³/mol. The summed E-state index contributed by atoms with van der Waals surface area (Å²) in [7, 11) is -4.09. The van der Waals surface area contributed by atoms with Crippen LogP contribution in [0.2, 0.25) is 36.3 Å². The minimum absolute atomic E-state index is 0.0518. The van der Waals surface area contributed by atoms with Gasteiger partial charge in [0.05, 0.1) is 6.10 Å². The molecule has 0 rings (SSSR count). The highest BCUT2D eigenvalue weighted by molar-refractivity contribution is 6.74. The monoisotopic (exact) mass is 358 g/mol. The topological polar surface area (TPSA) is 38.7 Å². The molecule has 1 N–H and O–H groups in total. The van der Waals surface area contributed by atoms with Gasteiger partial charge in [0.1, 0.15) is 12.2 Å². The van der Waals surface area contributed by atoms with Gasteiger partial charge in [0.15, 0.2) is 16.6 Å². The molecule has 0 fully saturated rings. The molecule has 0 bridgehead atoms. The van der Waals surface area contributed by atoms with Crippen molar-refractivity contribution < 1.29 is 14.0 Å². The Hall–Kier alpha value is -0.126. The lowest BCUT2D eigenvalue weighted by molar-refractivity contribution is -0.0166. The molecule has 0 aromatic rings. The summed E-state index contributed by atoms with van der Waals surface area (Å²) in [5, 5.41) is 10.4. The summed E-state index contributed by atoms with van der Waals surface area (Å²) in [4.78, 5) is 0. The van der Waals surface area contributed by atoms with Gasteiger partial charge in [-0.25, -0.2) is 0 Å². The molecule has 23 heavy (non-hydrogen) atoms. The Balaban J connectivity index is 5.48. The SMILES string of the molecule is C#C[C@@H](O[Si](C)(C)C(C)(C)C)[C@H](O[Si](C)(C)C(C)(C)C)[C@@H](C)O. The maximum Gasteiger partial charge on any atom is 0.193 e. The Bertz CT molecular complexity index is 423. The van der Waals surface area contributed by atoms with Crippen molar-refractivity contribution in [2.45, 2.75) is 103 Å². The molecule has 0 amide bonds. The van der Waals surface area contributed by atoms with Crippen LogP contribution in [0.25, 0.3) is 0 Å². The van der Waals surface area contributed by atoms with E-state index in [9.17, 15) is 5.11 Å². The van der Waals surface area contributed by atoms with Crippen LogP contribution < -0.4 is 0 Å². The molecule has 0 radical (unpaired) electrons. The molecule has 0 saturated heterocycles. The molecule has 0 spiro atoms. The second-order valence-electron chi connectivity index (χ2n) is 9.55. The van der Waals surface area contributed by atoms with Crippen LogP contribution in [0.4, 0.5) is 0 Å². The predicted octanol–water partition coefficient (Wildman–Crippen LogP) is 4.78. The lowest BCUT2D eigenvalue weighted by Gasteiger charge is -2.44. The summed E-state index contributed by atoms with van der Waals surface area (Å²) in [5.41, 5.74) is 0. The van der Waals surface area contributed by atoms with Gasteiger partial charge in [-0.3, -0.25) is 0 Å². The van der Waals surface area contributed by atoms with Crippen molar-refractivity contribution in [2.75, 3.05) is 0 Å². The van der Waals surface area contributed by atoms with Crippen LogP contribution in [0, 0.1) is 12.3 Å². The van der Waals surface area contributed by atoms with Gasteiger partial charge in [-0.2, -0.15) is 0 Å². The summed E-state index contributed by atoms with van der Waals surface area (Å²) < 4.78 is 12.8. The van der Waals surface area contributed by atoms with Gasteiger partial charge >= 0.3 is 0 Å². The zero-order chi connectivity index (χ0) is 18.9. The average molecular weight is 359 g/mol. The molecule has 0 aromatic carbocycles. The van der Waals surface area contributed by atoms with E-state index >= 15 is 0 Å². The second-order valence-corrected chi connectivity index (χ2v) is 19.1. The van der Waals surface area contributed by atoms with Crippen molar-refractivity contribution in [3.05, 3.63) is 0 Å². The maximum absolute atomic E-state index is 10.3. The first-order valence-corrected chi connectivity index (χ1v) is 14.3. The molecule has 0 unspecified atom stereocenters. The lowest BCUT2D eigenvalue weighted by atomic mass is 10.1. The molecular formula is C18H38O3Si2.